The summed E-state index contributed by atoms with van der Waals surface area (Å²) in [5.41, 5.74) is -5.85. The Morgan fingerprint density at radius 2 is 0.953 bits per heavy atom. The molecule has 0 radical (unpaired) electrons. The standard InChI is InChI=1S/C35H30F6O2/c1-5-11-25-13-7-9-15-31(25)42-29-19-17-27(21-23(29)3)33(36,35(39,40)41)34(37,38)28-18-20-30(24(4)22-28)43-32-16-10-8-14-26(32)12-6-2/h5-22H,1-4H3. The molecule has 224 valence electrons. The summed E-state index contributed by atoms with van der Waals surface area (Å²) in [4.78, 5) is 0. The highest BCUT2D eigenvalue weighted by Crippen LogP contribution is 2.57. The number of alkyl halides is 6. The lowest BCUT2D eigenvalue weighted by molar-refractivity contribution is -0.314. The highest BCUT2D eigenvalue weighted by molar-refractivity contribution is 5.59. The minimum absolute atomic E-state index is 0.0505. The average Bonchev–Trinajstić information content (AvgIpc) is 2.96. The van der Waals surface area contributed by atoms with Crippen molar-refractivity contribution in [3.05, 3.63) is 130 Å². The molecule has 0 saturated heterocycles. The maximum Gasteiger partial charge on any atom is 0.433 e. The average molecular weight is 597 g/mol. The number of ether oxygens (including phenoxy) is 2. The third-order valence-electron chi connectivity index (χ3n) is 6.90. The number of para-hydroxylation sites is 2. The molecule has 4 rings (SSSR count). The third kappa shape index (κ3) is 6.19. The van der Waals surface area contributed by atoms with Gasteiger partial charge in [-0.15, -0.1) is 0 Å². The van der Waals surface area contributed by atoms with Gasteiger partial charge in [-0.25, -0.2) is 4.39 Å². The monoisotopic (exact) mass is 596 g/mol. The predicted octanol–water partition coefficient (Wildman–Crippen LogP) is 11.5. The van der Waals surface area contributed by atoms with Crippen molar-refractivity contribution in [2.75, 3.05) is 0 Å². The largest absolute Gasteiger partial charge is 0.456 e. The summed E-state index contributed by atoms with van der Waals surface area (Å²) < 4.78 is 103. The normalized spacial score (nSPS) is 13.8. The van der Waals surface area contributed by atoms with Crippen LogP contribution in [0.1, 0.15) is 47.2 Å². The fraction of sp³-hybridized carbons (Fsp3) is 0.200. The van der Waals surface area contributed by atoms with E-state index in [4.69, 9.17) is 9.47 Å². The molecule has 0 bridgehead atoms. The molecule has 0 aliphatic heterocycles. The molecule has 8 heteroatoms. The van der Waals surface area contributed by atoms with Gasteiger partial charge in [0.15, 0.2) is 0 Å². The molecule has 0 saturated carbocycles. The number of hydrogen-bond donors (Lipinski definition) is 0. The van der Waals surface area contributed by atoms with E-state index < -0.39 is 28.9 Å². The summed E-state index contributed by atoms with van der Waals surface area (Å²) in [6.07, 6.45) is 1.17. The van der Waals surface area contributed by atoms with Gasteiger partial charge in [-0.3, -0.25) is 0 Å². The van der Waals surface area contributed by atoms with Crippen molar-refractivity contribution in [1.82, 2.24) is 0 Å². The molecule has 1 unspecified atom stereocenters. The molecule has 0 amide bonds. The van der Waals surface area contributed by atoms with Crippen molar-refractivity contribution < 1.29 is 35.8 Å². The van der Waals surface area contributed by atoms with Crippen LogP contribution in [0.5, 0.6) is 23.0 Å². The second kappa shape index (κ2) is 12.4. The van der Waals surface area contributed by atoms with Crippen LogP contribution in [0.3, 0.4) is 0 Å². The zero-order valence-corrected chi connectivity index (χ0v) is 24.0. The van der Waals surface area contributed by atoms with Gasteiger partial charge in [0.05, 0.1) is 0 Å². The molecule has 0 fully saturated rings. The van der Waals surface area contributed by atoms with Gasteiger partial charge in [0.25, 0.3) is 5.67 Å². The number of halogens is 6. The number of benzene rings is 4. The quantitative estimate of drug-likeness (QED) is 0.179. The number of aryl methyl sites for hydroxylation is 2. The van der Waals surface area contributed by atoms with Crippen molar-refractivity contribution in [2.45, 2.75) is 45.5 Å². The smallest absolute Gasteiger partial charge is 0.433 e. The van der Waals surface area contributed by atoms with E-state index in [1.54, 1.807) is 79.8 Å². The second-order valence-corrected chi connectivity index (χ2v) is 9.97. The van der Waals surface area contributed by atoms with Crippen LogP contribution in [0, 0.1) is 13.8 Å². The molecule has 1 atom stereocenters. The Labute approximate surface area is 246 Å². The lowest BCUT2D eigenvalue weighted by Gasteiger charge is -2.36. The maximum absolute atomic E-state index is 16.2. The molecule has 4 aromatic carbocycles. The summed E-state index contributed by atoms with van der Waals surface area (Å²) in [6.45, 7) is 6.40. The minimum Gasteiger partial charge on any atom is -0.456 e. The first-order valence-electron chi connectivity index (χ1n) is 13.5. The van der Waals surface area contributed by atoms with Crippen LogP contribution >= 0.6 is 0 Å². The summed E-state index contributed by atoms with van der Waals surface area (Å²) in [6, 6.07) is 19.1. The zero-order chi connectivity index (χ0) is 31.4. The molecule has 0 spiro atoms. The van der Waals surface area contributed by atoms with E-state index in [0.717, 1.165) is 30.3 Å². The van der Waals surface area contributed by atoms with Crippen LogP contribution < -0.4 is 9.47 Å². The van der Waals surface area contributed by atoms with E-state index in [-0.39, 0.29) is 22.6 Å². The predicted molar refractivity (Wildman–Crippen MR) is 158 cm³/mol. The maximum atomic E-state index is 16.2. The fourth-order valence-electron chi connectivity index (χ4n) is 4.68. The lowest BCUT2D eigenvalue weighted by Crippen LogP contribution is -2.51. The van der Waals surface area contributed by atoms with E-state index in [1.807, 2.05) is 6.92 Å². The van der Waals surface area contributed by atoms with Gasteiger partial charge >= 0.3 is 12.1 Å². The number of allylic oxidation sites excluding steroid dienone is 2. The van der Waals surface area contributed by atoms with E-state index in [1.165, 1.54) is 13.8 Å². The fourth-order valence-corrected chi connectivity index (χ4v) is 4.68. The van der Waals surface area contributed by atoms with Crippen molar-refractivity contribution in [3.63, 3.8) is 0 Å². The van der Waals surface area contributed by atoms with E-state index >= 15 is 13.2 Å². The first kappa shape index (κ1) is 31.5. The Morgan fingerprint density at radius 3 is 1.37 bits per heavy atom. The highest BCUT2D eigenvalue weighted by atomic mass is 19.4. The zero-order valence-electron chi connectivity index (χ0n) is 24.0. The van der Waals surface area contributed by atoms with Gasteiger partial charge in [0, 0.05) is 22.3 Å². The van der Waals surface area contributed by atoms with Crippen molar-refractivity contribution >= 4 is 12.2 Å². The molecule has 2 nitrogen and oxygen atoms in total. The molecular weight excluding hydrogens is 566 g/mol. The first-order chi connectivity index (χ1) is 20.3. The Kier molecular flexibility index (Phi) is 9.09. The SMILES string of the molecule is CC=Cc1ccccc1Oc1ccc(C(F)(F)C(F)(c2ccc(Oc3ccccc3C=CC)c(C)c2)C(F)(F)F)cc1C. The van der Waals surface area contributed by atoms with Gasteiger partial charge < -0.3 is 9.47 Å². The van der Waals surface area contributed by atoms with Gasteiger partial charge in [0.2, 0.25) is 0 Å². The Bertz CT molecular complexity index is 1650. The second-order valence-electron chi connectivity index (χ2n) is 9.97. The van der Waals surface area contributed by atoms with Crippen LogP contribution in [0.25, 0.3) is 12.2 Å². The molecule has 0 heterocycles. The summed E-state index contributed by atoms with van der Waals surface area (Å²) in [5, 5.41) is 0. The topological polar surface area (TPSA) is 18.5 Å². The summed E-state index contributed by atoms with van der Waals surface area (Å²) in [7, 11) is 0. The summed E-state index contributed by atoms with van der Waals surface area (Å²) in [5.74, 6) is -3.93. The number of hydrogen-bond acceptors (Lipinski definition) is 2. The molecule has 4 aromatic rings. The van der Waals surface area contributed by atoms with Crippen LogP contribution in [-0.4, -0.2) is 6.18 Å². The molecular formula is C35H30F6O2. The summed E-state index contributed by atoms with van der Waals surface area (Å²) >= 11 is 0. The lowest BCUT2D eigenvalue weighted by atomic mass is 9.83. The van der Waals surface area contributed by atoms with Crippen molar-refractivity contribution in [1.29, 1.82) is 0 Å². The van der Waals surface area contributed by atoms with Gasteiger partial charge in [-0.05, 0) is 81.3 Å². The van der Waals surface area contributed by atoms with Crippen LogP contribution in [0.2, 0.25) is 0 Å². The van der Waals surface area contributed by atoms with Crippen LogP contribution in [0.15, 0.2) is 97.1 Å². The first-order valence-corrected chi connectivity index (χ1v) is 13.5. The minimum atomic E-state index is -5.96. The molecule has 0 aliphatic carbocycles. The molecule has 0 aliphatic rings. The number of rotatable bonds is 9. The van der Waals surface area contributed by atoms with E-state index in [0.29, 0.717) is 28.7 Å². The molecule has 0 N–H and O–H groups in total. The molecule has 0 aromatic heterocycles. The van der Waals surface area contributed by atoms with Crippen molar-refractivity contribution in [3.8, 4) is 23.0 Å². The van der Waals surface area contributed by atoms with Crippen LogP contribution in [0.4, 0.5) is 26.3 Å². The van der Waals surface area contributed by atoms with Gasteiger partial charge in [0.1, 0.15) is 23.0 Å². The van der Waals surface area contributed by atoms with Crippen LogP contribution in [-0.2, 0) is 11.6 Å². The third-order valence-corrected chi connectivity index (χ3v) is 6.90. The van der Waals surface area contributed by atoms with E-state index in [9.17, 15) is 13.2 Å². The Morgan fingerprint density at radius 1 is 0.535 bits per heavy atom. The molecule has 43 heavy (non-hydrogen) atoms. The van der Waals surface area contributed by atoms with E-state index in [2.05, 4.69) is 0 Å². The van der Waals surface area contributed by atoms with Crippen molar-refractivity contribution in [2.24, 2.45) is 0 Å². The van der Waals surface area contributed by atoms with Gasteiger partial charge in [-0.2, -0.15) is 22.0 Å². The highest BCUT2D eigenvalue weighted by Gasteiger charge is 2.72. The Hall–Kier alpha value is -4.46. The Balaban J connectivity index is 1.71. The van der Waals surface area contributed by atoms with Gasteiger partial charge in [-0.1, -0.05) is 66.8 Å².